The SMILES string of the molecule is C[C@@H](CO)N(C)c1nc(N2CCC(C)(C(N)=O)CC2)c2nc(-c3ccccc3Cl)n(-c3ccc(Cl)cc3)c2n1. The molecule has 11 heteroatoms. The van der Waals surface area contributed by atoms with E-state index in [1.54, 1.807) is 0 Å². The number of aliphatic hydroxyl groups excluding tert-OH is 1. The summed E-state index contributed by atoms with van der Waals surface area (Å²) in [4.78, 5) is 31.1. The van der Waals surface area contributed by atoms with Gasteiger partial charge in [-0.25, -0.2) is 4.98 Å². The number of rotatable bonds is 7. The molecule has 0 bridgehead atoms. The Hall–Kier alpha value is -3.40. The highest BCUT2D eigenvalue weighted by Gasteiger charge is 2.37. The molecule has 1 saturated heterocycles. The third-order valence-electron chi connectivity index (χ3n) is 7.68. The Labute approximate surface area is 237 Å². The number of benzene rings is 2. The van der Waals surface area contributed by atoms with Crippen LogP contribution in [0.2, 0.25) is 10.0 Å². The van der Waals surface area contributed by atoms with Gasteiger partial charge in [0.2, 0.25) is 11.9 Å². The van der Waals surface area contributed by atoms with Gasteiger partial charge < -0.3 is 20.6 Å². The highest BCUT2D eigenvalue weighted by Crippen LogP contribution is 2.38. The number of halogens is 2. The maximum Gasteiger partial charge on any atom is 0.229 e. The number of carbonyl (C=O) groups excluding carboxylic acids is 1. The average molecular weight is 569 g/mol. The van der Waals surface area contributed by atoms with Crippen LogP contribution in [0.4, 0.5) is 11.8 Å². The molecule has 1 atom stereocenters. The molecule has 1 aliphatic heterocycles. The first-order valence-electron chi connectivity index (χ1n) is 12.8. The van der Waals surface area contributed by atoms with Crippen molar-refractivity contribution in [1.82, 2.24) is 19.5 Å². The number of piperidine rings is 1. The minimum Gasteiger partial charge on any atom is -0.394 e. The molecular formula is C28H31Cl2N7O2. The molecule has 0 saturated carbocycles. The summed E-state index contributed by atoms with van der Waals surface area (Å²) in [6, 6.07) is 14.8. The first kappa shape index (κ1) is 27.2. The van der Waals surface area contributed by atoms with Crippen LogP contribution in [0.1, 0.15) is 26.7 Å². The summed E-state index contributed by atoms with van der Waals surface area (Å²) in [6.07, 6.45) is 1.20. The van der Waals surface area contributed by atoms with Crippen LogP contribution in [0.3, 0.4) is 0 Å². The van der Waals surface area contributed by atoms with Gasteiger partial charge in [-0.3, -0.25) is 9.36 Å². The van der Waals surface area contributed by atoms with Crippen molar-refractivity contribution in [3.8, 4) is 17.1 Å². The predicted octanol–water partition coefficient (Wildman–Crippen LogP) is 4.70. The van der Waals surface area contributed by atoms with E-state index in [1.165, 1.54) is 0 Å². The van der Waals surface area contributed by atoms with E-state index in [4.69, 9.17) is 43.9 Å². The number of hydrogen-bond acceptors (Lipinski definition) is 7. The lowest BCUT2D eigenvalue weighted by Gasteiger charge is -2.38. The molecule has 0 aliphatic carbocycles. The van der Waals surface area contributed by atoms with E-state index in [0.29, 0.717) is 64.7 Å². The molecule has 2 aromatic carbocycles. The third kappa shape index (κ3) is 5.02. The number of nitrogens with zero attached hydrogens (tertiary/aromatic N) is 6. The van der Waals surface area contributed by atoms with Crippen LogP contribution in [0.25, 0.3) is 28.2 Å². The molecule has 4 aromatic rings. The Morgan fingerprint density at radius 2 is 1.77 bits per heavy atom. The van der Waals surface area contributed by atoms with Gasteiger partial charge in [0.1, 0.15) is 5.82 Å². The molecule has 1 aliphatic rings. The smallest absolute Gasteiger partial charge is 0.229 e. The van der Waals surface area contributed by atoms with E-state index in [-0.39, 0.29) is 18.6 Å². The number of imidazole rings is 1. The van der Waals surface area contributed by atoms with E-state index < -0.39 is 5.41 Å². The molecular weight excluding hydrogens is 537 g/mol. The molecule has 3 heterocycles. The van der Waals surface area contributed by atoms with Gasteiger partial charge in [0, 0.05) is 41.8 Å². The van der Waals surface area contributed by atoms with Crippen molar-refractivity contribution in [2.24, 2.45) is 11.1 Å². The summed E-state index contributed by atoms with van der Waals surface area (Å²) >= 11 is 12.9. The van der Waals surface area contributed by atoms with Crippen LogP contribution in [0.15, 0.2) is 48.5 Å². The van der Waals surface area contributed by atoms with Gasteiger partial charge in [0.15, 0.2) is 17.0 Å². The second kappa shape index (κ2) is 10.6. The first-order valence-corrected chi connectivity index (χ1v) is 13.6. The van der Waals surface area contributed by atoms with Crippen molar-refractivity contribution >= 4 is 52.0 Å². The van der Waals surface area contributed by atoms with E-state index in [0.717, 1.165) is 11.3 Å². The zero-order chi connectivity index (χ0) is 27.9. The number of anilines is 2. The lowest BCUT2D eigenvalue weighted by atomic mass is 9.80. The second-order valence-electron chi connectivity index (χ2n) is 10.3. The van der Waals surface area contributed by atoms with E-state index in [1.807, 2.05) is 78.9 Å². The zero-order valence-corrected chi connectivity index (χ0v) is 23.6. The van der Waals surface area contributed by atoms with Crippen molar-refractivity contribution in [3.63, 3.8) is 0 Å². The van der Waals surface area contributed by atoms with Gasteiger partial charge >= 0.3 is 0 Å². The summed E-state index contributed by atoms with van der Waals surface area (Å²) in [7, 11) is 1.85. The van der Waals surface area contributed by atoms with Gasteiger partial charge in [-0.1, -0.05) is 42.3 Å². The highest BCUT2D eigenvalue weighted by molar-refractivity contribution is 6.33. The molecule has 0 spiro atoms. The fourth-order valence-corrected chi connectivity index (χ4v) is 5.09. The van der Waals surface area contributed by atoms with Crippen LogP contribution in [-0.2, 0) is 4.79 Å². The number of aromatic nitrogens is 4. The lowest BCUT2D eigenvalue weighted by Crippen LogP contribution is -2.46. The molecule has 3 N–H and O–H groups in total. The van der Waals surface area contributed by atoms with Crippen LogP contribution in [-0.4, -0.2) is 63.3 Å². The second-order valence-corrected chi connectivity index (χ2v) is 11.1. The fourth-order valence-electron chi connectivity index (χ4n) is 4.75. The molecule has 5 rings (SSSR count). The molecule has 39 heavy (non-hydrogen) atoms. The Balaban J connectivity index is 1.77. The molecule has 1 fully saturated rings. The van der Waals surface area contributed by atoms with Gasteiger partial charge in [-0.15, -0.1) is 0 Å². The number of carbonyl (C=O) groups is 1. The number of amides is 1. The quantitative estimate of drug-likeness (QED) is 0.332. The minimum absolute atomic E-state index is 0.0603. The predicted molar refractivity (Wildman–Crippen MR) is 156 cm³/mol. The number of primary amides is 1. The molecule has 1 amide bonds. The lowest BCUT2D eigenvalue weighted by molar-refractivity contribution is -0.127. The molecule has 204 valence electrons. The molecule has 2 aromatic heterocycles. The zero-order valence-electron chi connectivity index (χ0n) is 22.1. The minimum atomic E-state index is -0.570. The van der Waals surface area contributed by atoms with Gasteiger partial charge in [-0.2, -0.15) is 9.97 Å². The Morgan fingerprint density at radius 1 is 1.10 bits per heavy atom. The number of aliphatic hydroxyl groups is 1. The van der Waals surface area contributed by atoms with E-state index >= 15 is 0 Å². The third-order valence-corrected chi connectivity index (χ3v) is 8.26. The van der Waals surface area contributed by atoms with Crippen LogP contribution >= 0.6 is 23.2 Å². The topological polar surface area (TPSA) is 113 Å². The van der Waals surface area contributed by atoms with Gasteiger partial charge in [0.25, 0.3) is 0 Å². The van der Waals surface area contributed by atoms with Crippen molar-refractivity contribution in [3.05, 3.63) is 58.6 Å². The Bertz CT molecular complexity index is 1510. The summed E-state index contributed by atoms with van der Waals surface area (Å²) < 4.78 is 1.95. The van der Waals surface area contributed by atoms with Crippen molar-refractivity contribution < 1.29 is 9.90 Å². The number of nitrogens with two attached hydrogens (primary N) is 1. The van der Waals surface area contributed by atoms with Crippen LogP contribution in [0, 0.1) is 5.41 Å². The van der Waals surface area contributed by atoms with E-state index in [2.05, 4.69) is 4.90 Å². The summed E-state index contributed by atoms with van der Waals surface area (Å²) in [5, 5.41) is 11.0. The van der Waals surface area contributed by atoms with E-state index in [9.17, 15) is 9.90 Å². The standard InChI is InChI=1S/C28H31Cl2N7O2/c1-17(16-38)35(3)27-33-24(36-14-12-28(2,13-15-36)26(31)39)22-25(34-27)37(19-10-8-18(29)9-11-19)23(32-22)20-6-4-5-7-21(20)30/h4-11,17,38H,12-16H2,1-3H3,(H2,31,39)/t17-/m0/s1. The number of hydrogen-bond donors (Lipinski definition) is 2. The Kier molecular flexibility index (Phi) is 7.41. The monoisotopic (exact) mass is 567 g/mol. The normalized spacial score (nSPS) is 15.9. The molecule has 0 radical (unpaired) electrons. The molecule has 9 nitrogen and oxygen atoms in total. The van der Waals surface area contributed by atoms with Crippen molar-refractivity contribution in [2.75, 3.05) is 36.5 Å². The summed E-state index contributed by atoms with van der Waals surface area (Å²) in [6.45, 7) is 4.92. The maximum absolute atomic E-state index is 12.1. The summed E-state index contributed by atoms with van der Waals surface area (Å²) in [5.41, 5.74) is 7.90. The largest absolute Gasteiger partial charge is 0.394 e. The molecule has 0 unspecified atom stereocenters. The highest BCUT2D eigenvalue weighted by atomic mass is 35.5. The number of likely N-dealkylation sites (N-methyl/N-ethyl adjacent to an activating group) is 1. The van der Waals surface area contributed by atoms with Crippen LogP contribution < -0.4 is 15.5 Å². The first-order chi connectivity index (χ1) is 18.6. The fraction of sp³-hybridized carbons (Fsp3) is 0.357. The Morgan fingerprint density at radius 3 is 2.38 bits per heavy atom. The van der Waals surface area contributed by atoms with Gasteiger partial charge in [-0.05, 0) is 56.2 Å². The average Bonchev–Trinajstić information content (AvgIpc) is 3.32. The number of fused-ring (bicyclic) bond motifs is 1. The van der Waals surface area contributed by atoms with Crippen LogP contribution in [0.5, 0.6) is 0 Å². The van der Waals surface area contributed by atoms with Crippen molar-refractivity contribution in [2.45, 2.75) is 32.7 Å². The van der Waals surface area contributed by atoms with Crippen molar-refractivity contribution in [1.29, 1.82) is 0 Å². The summed E-state index contributed by atoms with van der Waals surface area (Å²) in [5.74, 6) is 1.42. The van der Waals surface area contributed by atoms with Gasteiger partial charge in [0.05, 0.1) is 17.7 Å². The maximum atomic E-state index is 12.1.